The van der Waals surface area contributed by atoms with Crippen LogP contribution in [0.25, 0.3) is 0 Å². The summed E-state index contributed by atoms with van der Waals surface area (Å²) >= 11 is 11.7. The van der Waals surface area contributed by atoms with Crippen molar-refractivity contribution in [2.24, 2.45) is 0 Å². The van der Waals surface area contributed by atoms with E-state index in [0.29, 0.717) is 6.41 Å². The summed E-state index contributed by atoms with van der Waals surface area (Å²) in [6.45, 7) is 1.33. The number of benzene rings is 1. The molecule has 2 N–H and O–H groups in total. The second kappa shape index (κ2) is 4.72. The van der Waals surface area contributed by atoms with Gasteiger partial charge in [-0.2, -0.15) is 0 Å². The molecule has 1 aromatic rings. The first-order chi connectivity index (χ1) is 7.43. The van der Waals surface area contributed by atoms with Gasteiger partial charge >= 0.3 is 5.97 Å². The van der Waals surface area contributed by atoms with E-state index in [2.05, 4.69) is 5.32 Å². The van der Waals surface area contributed by atoms with Crippen LogP contribution in [0, 0.1) is 0 Å². The standard InChI is InChI=1S/C10H9Cl2NO3/c1-10(9(15)16,13-5-14)6-3-2-4-7(11)8(6)12/h2-5H,1H3,(H,13,14)(H,15,16). The Labute approximate surface area is 102 Å². The largest absolute Gasteiger partial charge is 0.479 e. The number of nitrogens with one attached hydrogen (secondary N) is 1. The number of carbonyl (C=O) groups is 2. The minimum atomic E-state index is -1.59. The van der Waals surface area contributed by atoms with Crippen molar-refractivity contribution in [1.29, 1.82) is 0 Å². The van der Waals surface area contributed by atoms with E-state index < -0.39 is 11.5 Å². The Balaban J connectivity index is 3.37. The van der Waals surface area contributed by atoms with Crippen molar-refractivity contribution in [3.05, 3.63) is 33.8 Å². The van der Waals surface area contributed by atoms with Crippen LogP contribution < -0.4 is 5.32 Å². The number of hydrogen-bond acceptors (Lipinski definition) is 2. The fourth-order valence-corrected chi connectivity index (χ4v) is 1.75. The number of carbonyl (C=O) groups excluding carboxylic acids is 1. The molecule has 86 valence electrons. The molecule has 0 bridgehead atoms. The van der Waals surface area contributed by atoms with Gasteiger partial charge in [0.2, 0.25) is 6.41 Å². The summed E-state index contributed by atoms with van der Waals surface area (Å²) in [7, 11) is 0. The highest BCUT2D eigenvalue weighted by Gasteiger charge is 2.37. The van der Waals surface area contributed by atoms with Crippen LogP contribution in [-0.2, 0) is 15.1 Å². The maximum atomic E-state index is 11.2. The van der Waals surface area contributed by atoms with Crippen molar-refractivity contribution in [3.8, 4) is 0 Å². The Hall–Kier alpha value is -1.26. The Morgan fingerprint density at radius 3 is 2.62 bits per heavy atom. The van der Waals surface area contributed by atoms with E-state index in [4.69, 9.17) is 28.3 Å². The van der Waals surface area contributed by atoms with E-state index in [-0.39, 0.29) is 15.6 Å². The number of halogens is 2. The third kappa shape index (κ3) is 2.13. The van der Waals surface area contributed by atoms with E-state index in [0.717, 1.165) is 0 Å². The zero-order chi connectivity index (χ0) is 12.3. The zero-order valence-corrected chi connectivity index (χ0v) is 9.84. The zero-order valence-electron chi connectivity index (χ0n) is 8.33. The number of rotatable bonds is 4. The van der Waals surface area contributed by atoms with Gasteiger partial charge in [-0.15, -0.1) is 0 Å². The second-order valence-electron chi connectivity index (χ2n) is 3.29. The van der Waals surface area contributed by atoms with Crippen molar-refractivity contribution in [3.63, 3.8) is 0 Å². The number of carboxylic acids is 1. The van der Waals surface area contributed by atoms with Crippen LogP contribution in [0.15, 0.2) is 18.2 Å². The van der Waals surface area contributed by atoms with Crippen LogP contribution in [0.2, 0.25) is 10.0 Å². The molecule has 0 fully saturated rings. The molecule has 0 spiro atoms. The van der Waals surface area contributed by atoms with Crippen molar-refractivity contribution in [2.75, 3.05) is 0 Å². The molecule has 1 aromatic carbocycles. The van der Waals surface area contributed by atoms with E-state index >= 15 is 0 Å². The Bertz CT molecular complexity index is 436. The molecule has 0 saturated heterocycles. The SMILES string of the molecule is CC(NC=O)(C(=O)O)c1cccc(Cl)c1Cl. The summed E-state index contributed by atoms with van der Waals surface area (Å²) in [6, 6.07) is 4.60. The number of hydrogen-bond donors (Lipinski definition) is 2. The second-order valence-corrected chi connectivity index (χ2v) is 4.08. The Morgan fingerprint density at radius 2 is 2.12 bits per heavy atom. The highest BCUT2D eigenvalue weighted by Crippen LogP contribution is 2.33. The predicted molar refractivity (Wildman–Crippen MR) is 60.6 cm³/mol. The van der Waals surface area contributed by atoms with Crippen LogP contribution in [0.3, 0.4) is 0 Å². The molecule has 1 atom stereocenters. The van der Waals surface area contributed by atoms with Crippen molar-refractivity contribution >= 4 is 35.6 Å². The van der Waals surface area contributed by atoms with E-state index in [1.54, 1.807) is 6.07 Å². The lowest BCUT2D eigenvalue weighted by atomic mass is 9.92. The molecular weight excluding hydrogens is 253 g/mol. The summed E-state index contributed by atoms with van der Waals surface area (Å²) in [4.78, 5) is 21.6. The lowest BCUT2D eigenvalue weighted by Crippen LogP contribution is -2.46. The number of aliphatic carboxylic acids is 1. The van der Waals surface area contributed by atoms with Gasteiger partial charge in [0.15, 0.2) is 5.54 Å². The van der Waals surface area contributed by atoms with Crippen molar-refractivity contribution in [1.82, 2.24) is 5.32 Å². The van der Waals surface area contributed by atoms with Gasteiger partial charge in [-0.05, 0) is 13.0 Å². The van der Waals surface area contributed by atoms with Gasteiger partial charge in [-0.1, -0.05) is 35.3 Å². The third-order valence-electron chi connectivity index (χ3n) is 2.27. The summed E-state index contributed by atoms with van der Waals surface area (Å²) < 4.78 is 0. The minimum Gasteiger partial charge on any atom is -0.479 e. The summed E-state index contributed by atoms with van der Waals surface area (Å²) in [5.74, 6) is -1.22. The van der Waals surface area contributed by atoms with Crippen LogP contribution in [0.5, 0.6) is 0 Å². The molecule has 0 heterocycles. The molecule has 16 heavy (non-hydrogen) atoms. The normalized spacial score (nSPS) is 13.9. The minimum absolute atomic E-state index is 0.114. The van der Waals surface area contributed by atoms with Crippen LogP contribution in [-0.4, -0.2) is 17.5 Å². The van der Waals surface area contributed by atoms with Gasteiger partial charge in [-0.25, -0.2) is 4.79 Å². The third-order valence-corrected chi connectivity index (χ3v) is 3.08. The quantitative estimate of drug-likeness (QED) is 0.816. The van der Waals surface area contributed by atoms with Crippen LogP contribution in [0.1, 0.15) is 12.5 Å². The van der Waals surface area contributed by atoms with Gasteiger partial charge in [0.1, 0.15) is 0 Å². The maximum Gasteiger partial charge on any atom is 0.333 e. The van der Waals surface area contributed by atoms with Gasteiger partial charge in [0.05, 0.1) is 10.0 Å². The number of carboxylic acid groups (broad SMARTS) is 1. The van der Waals surface area contributed by atoms with Crippen molar-refractivity contribution < 1.29 is 14.7 Å². The van der Waals surface area contributed by atoms with Gasteiger partial charge in [0.25, 0.3) is 0 Å². The van der Waals surface area contributed by atoms with E-state index in [9.17, 15) is 9.59 Å². The fraction of sp³-hybridized carbons (Fsp3) is 0.200. The van der Waals surface area contributed by atoms with E-state index in [1.165, 1.54) is 19.1 Å². The maximum absolute atomic E-state index is 11.2. The first kappa shape index (κ1) is 12.8. The molecule has 0 aliphatic carbocycles. The molecule has 4 nitrogen and oxygen atoms in total. The lowest BCUT2D eigenvalue weighted by Gasteiger charge is -2.25. The summed E-state index contributed by atoms with van der Waals surface area (Å²) in [6.07, 6.45) is 0.311. The van der Waals surface area contributed by atoms with Gasteiger partial charge < -0.3 is 10.4 Å². The highest BCUT2D eigenvalue weighted by atomic mass is 35.5. The Kier molecular flexibility index (Phi) is 3.78. The van der Waals surface area contributed by atoms with Gasteiger partial charge in [-0.3, -0.25) is 4.79 Å². The molecular formula is C10H9Cl2NO3. The lowest BCUT2D eigenvalue weighted by molar-refractivity contribution is -0.145. The van der Waals surface area contributed by atoms with E-state index in [1.807, 2.05) is 0 Å². The van der Waals surface area contributed by atoms with Crippen molar-refractivity contribution in [2.45, 2.75) is 12.5 Å². The summed E-state index contributed by atoms with van der Waals surface area (Å²) in [5, 5.41) is 11.7. The molecule has 0 radical (unpaired) electrons. The first-order valence-electron chi connectivity index (χ1n) is 4.32. The monoisotopic (exact) mass is 261 g/mol. The first-order valence-corrected chi connectivity index (χ1v) is 5.08. The molecule has 1 unspecified atom stereocenters. The van der Waals surface area contributed by atoms with Crippen LogP contribution in [0.4, 0.5) is 0 Å². The average molecular weight is 262 g/mol. The fourth-order valence-electron chi connectivity index (χ4n) is 1.26. The Morgan fingerprint density at radius 1 is 1.50 bits per heavy atom. The predicted octanol–water partition coefficient (Wildman–Crippen LogP) is 2.04. The van der Waals surface area contributed by atoms with Gasteiger partial charge in [0, 0.05) is 5.56 Å². The highest BCUT2D eigenvalue weighted by molar-refractivity contribution is 6.42. The molecule has 1 rings (SSSR count). The molecule has 0 aliphatic rings. The molecule has 0 aromatic heterocycles. The summed E-state index contributed by atoms with van der Waals surface area (Å²) in [5.41, 5.74) is -1.36. The topological polar surface area (TPSA) is 66.4 Å². The molecule has 0 saturated carbocycles. The average Bonchev–Trinajstić information content (AvgIpc) is 2.22. The molecule has 0 aliphatic heterocycles. The smallest absolute Gasteiger partial charge is 0.333 e. The molecule has 1 amide bonds. The number of amides is 1. The van der Waals surface area contributed by atoms with Crippen LogP contribution >= 0.6 is 23.2 Å². The molecule has 6 heteroatoms.